The third kappa shape index (κ3) is 4.24. The van der Waals surface area contributed by atoms with Crippen molar-refractivity contribution >= 4 is 33.3 Å². The summed E-state index contributed by atoms with van der Waals surface area (Å²) in [4.78, 5) is 2.38. The fourth-order valence-electron chi connectivity index (χ4n) is 5.85. The van der Waals surface area contributed by atoms with Crippen molar-refractivity contribution < 1.29 is 4.42 Å². The Morgan fingerprint density at radius 3 is 2.05 bits per heavy atom. The molecule has 0 amide bonds. The van der Waals surface area contributed by atoms with Gasteiger partial charge in [0.15, 0.2) is 0 Å². The largest absolute Gasteiger partial charge is 0.456 e. The third-order valence-electron chi connectivity index (χ3n) is 7.77. The summed E-state index contributed by atoms with van der Waals surface area (Å²) in [5.74, 6) is 0.696. The zero-order valence-electron chi connectivity index (χ0n) is 21.9. The number of furan rings is 1. The van der Waals surface area contributed by atoms with Crippen molar-refractivity contribution in [3.05, 3.63) is 157 Å². The predicted molar refractivity (Wildman–Crippen MR) is 163 cm³/mol. The molecule has 0 radical (unpaired) electrons. The molecule has 39 heavy (non-hydrogen) atoms. The van der Waals surface area contributed by atoms with Gasteiger partial charge in [0.25, 0.3) is 0 Å². The SMILES string of the molecule is CC1C=C(N(c2ccc(-c3ccccc3)cc2)c2cccc3oc4ccccc4c23)C=CC1c1ccccc1. The number of nitrogens with zero attached hydrogens (tertiary/aromatic N) is 1. The van der Waals surface area contributed by atoms with E-state index in [1.165, 1.54) is 22.4 Å². The Morgan fingerprint density at radius 2 is 1.28 bits per heavy atom. The molecule has 0 aliphatic heterocycles. The number of fused-ring (bicyclic) bond motifs is 3. The van der Waals surface area contributed by atoms with Crippen LogP contribution in [0.15, 0.2) is 156 Å². The molecule has 0 fully saturated rings. The van der Waals surface area contributed by atoms with Crippen LogP contribution in [0.2, 0.25) is 0 Å². The van der Waals surface area contributed by atoms with Crippen LogP contribution in [0.4, 0.5) is 11.4 Å². The van der Waals surface area contributed by atoms with E-state index in [1.54, 1.807) is 0 Å². The highest BCUT2D eigenvalue weighted by Gasteiger charge is 2.25. The van der Waals surface area contributed by atoms with Crippen molar-refractivity contribution in [2.45, 2.75) is 12.8 Å². The molecule has 7 rings (SSSR count). The minimum Gasteiger partial charge on any atom is -0.456 e. The van der Waals surface area contributed by atoms with Crippen LogP contribution in [0.3, 0.4) is 0 Å². The summed E-state index contributed by atoms with van der Waals surface area (Å²) < 4.78 is 6.28. The molecule has 0 saturated carbocycles. The first kappa shape index (κ1) is 23.3. The van der Waals surface area contributed by atoms with Gasteiger partial charge >= 0.3 is 0 Å². The Hall–Kier alpha value is -4.82. The first-order valence-electron chi connectivity index (χ1n) is 13.6. The smallest absolute Gasteiger partial charge is 0.137 e. The molecule has 2 nitrogen and oxygen atoms in total. The summed E-state index contributed by atoms with van der Waals surface area (Å²) in [6, 6.07) is 44.9. The normalized spacial score (nSPS) is 16.9. The molecule has 188 valence electrons. The fourth-order valence-corrected chi connectivity index (χ4v) is 5.85. The van der Waals surface area contributed by atoms with E-state index in [-0.39, 0.29) is 0 Å². The molecule has 1 aliphatic carbocycles. The quantitative estimate of drug-likeness (QED) is 0.233. The lowest BCUT2D eigenvalue weighted by Crippen LogP contribution is -2.20. The summed E-state index contributed by atoms with van der Waals surface area (Å²) in [7, 11) is 0. The number of benzene rings is 5. The Labute approximate surface area is 229 Å². The van der Waals surface area contributed by atoms with Crippen molar-refractivity contribution in [2.24, 2.45) is 5.92 Å². The van der Waals surface area contributed by atoms with E-state index in [9.17, 15) is 0 Å². The van der Waals surface area contributed by atoms with E-state index in [1.807, 2.05) is 12.1 Å². The van der Waals surface area contributed by atoms with E-state index in [4.69, 9.17) is 4.42 Å². The number of hydrogen-bond acceptors (Lipinski definition) is 2. The summed E-state index contributed by atoms with van der Waals surface area (Å²) in [6.45, 7) is 2.31. The van der Waals surface area contributed by atoms with Crippen molar-refractivity contribution in [3.63, 3.8) is 0 Å². The number of allylic oxidation sites excluding steroid dienone is 3. The Morgan fingerprint density at radius 1 is 0.615 bits per heavy atom. The molecule has 0 saturated heterocycles. The van der Waals surface area contributed by atoms with Gasteiger partial charge in [-0.1, -0.05) is 116 Å². The number of rotatable bonds is 5. The Bertz CT molecular complexity index is 1810. The fraction of sp³-hybridized carbons (Fsp3) is 0.0811. The lowest BCUT2D eigenvalue weighted by molar-refractivity contribution is 0.628. The van der Waals surface area contributed by atoms with Gasteiger partial charge in [-0.3, -0.25) is 0 Å². The van der Waals surface area contributed by atoms with E-state index in [0.29, 0.717) is 11.8 Å². The van der Waals surface area contributed by atoms with Gasteiger partial charge in [-0.05, 0) is 59.0 Å². The number of anilines is 2. The van der Waals surface area contributed by atoms with Gasteiger partial charge in [0.05, 0.1) is 11.1 Å². The maximum Gasteiger partial charge on any atom is 0.137 e. The topological polar surface area (TPSA) is 16.4 Å². The number of hydrogen-bond donors (Lipinski definition) is 0. The summed E-state index contributed by atoms with van der Waals surface area (Å²) in [6.07, 6.45) is 7.04. The first-order chi connectivity index (χ1) is 19.3. The highest BCUT2D eigenvalue weighted by atomic mass is 16.3. The molecule has 2 heteroatoms. The highest BCUT2D eigenvalue weighted by Crippen LogP contribution is 2.43. The molecule has 0 spiro atoms. The molecule has 1 aromatic heterocycles. The van der Waals surface area contributed by atoms with Crippen molar-refractivity contribution in [1.29, 1.82) is 0 Å². The molecular weight excluding hydrogens is 474 g/mol. The van der Waals surface area contributed by atoms with Crippen LogP contribution in [0.1, 0.15) is 18.4 Å². The average Bonchev–Trinajstić information content (AvgIpc) is 3.38. The van der Waals surface area contributed by atoms with Crippen LogP contribution in [-0.2, 0) is 0 Å². The van der Waals surface area contributed by atoms with Gasteiger partial charge < -0.3 is 9.32 Å². The predicted octanol–water partition coefficient (Wildman–Crippen LogP) is 10.3. The summed E-state index contributed by atoms with van der Waals surface area (Å²) >= 11 is 0. The van der Waals surface area contributed by atoms with Crippen molar-refractivity contribution in [2.75, 3.05) is 4.90 Å². The highest BCUT2D eigenvalue weighted by molar-refractivity contribution is 6.12. The second kappa shape index (κ2) is 9.81. The van der Waals surface area contributed by atoms with E-state index in [2.05, 4.69) is 145 Å². The zero-order chi connectivity index (χ0) is 26.2. The van der Waals surface area contributed by atoms with Gasteiger partial charge in [-0.25, -0.2) is 0 Å². The second-order valence-corrected chi connectivity index (χ2v) is 10.2. The first-order valence-corrected chi connectivity index (χ1v) is 13.6. The van der Waals surface area contributed by atoms with E-state index >= 15 is 0 Å². The van der Waals surface area contributed by atoms with Crippen molar-refractivity contribution in [1.82, 2.24) is 0 Å². The van der Waals surface area contributed by atoms with Gasteiger partial charge in [-0.2, -0.15) is 0 Å². The van der Waals surface area contributed by atoms with Gasteiger partial charge in [0.1, 0.15) is 11.2 Å². The van der Waals surface area contributed by atoms with Crippen LogP contribution in [0.25, 0.3) is 33.1 Å². The Kier molecular flexibility index (Phi) is 5.86. The van der Waals surface area contributed by atoms with Crippen LogP contribution >= 0.6 is 0 Å². The molecule has 5 aromatic carbocycles. The monoisotopic (exact) mass is 503 g/mol. The van der Waals surface area contributed by atoms with Crippen LogP contribution < -0.4 is 4.90 Å². The second-order valence-electron chi connectivity index (χ2n) is 10.2. The molecule has 1 heterocycles. The van der Waals surface area contributed by atoms with Gasteiger partial charge in [-0.15, -0.1) is 0 Å². The molecular formula is C37H29NO. The van der Waals surface area contributed by atoms with Crippen molar-refractivity contribution in [3.8, 4) is 11.1 Å². The lowest BCUT2D eigenvalue weighted by Gasteiger charge is -2.32. The standard InChI is InChI=1S/C37H29NO/c1-26-25-31(23-24-32(26)29-13-6-3-7-14-29)38(30-21-19-28(20-22-30)27-11-4-2-5-12-27)34-16-10-18-36-37(34)33-15-8-9-17-35(33)39-36/h2-26,32H,1H3. The minimum absolute atomic E-state index is 0.346. The summed E-state index contributed by atoms with van der Waals surface area (Å²) in [5.41, 5.74) is 8.98. The molecule has 0 N–H and O–H groups in total. The maximum atomic E-state index is 6.28. The lowest BCUT2D eigenvalue weighted by atomic mass is 9.83. The molecule has 1 aliphatic rings. The third-order valence-corrected chi connectivity index (χ3v) is 7.77. The van der Waals surface area contributed by atoms with Gasteiger partial charge in [0.2, 0.25) is 0 Å². The van der Waals surface area contributed by atoms with Gasteiger partial charge in [0, 0.05) is 22.7 Å². The molecule has 6 aromatic rings. The maximum absolute atomic E-state index is 6.28. The van der Waals surface area contributed by atoms with E-state index in [0.717, 1.165) is 33.3 Å². The van der Waals surface area contributed by atoms with Crippen LogP contribution in [0.5, 0.6) is 0 Å². The van der Waals surface area contributed by atoms with Crippen LogP contribution in [-0.4, -0.2) is 0 Å². The molecule has 2 atom stereocenters. The Balaban J connectivity index is 1.38. The minimum atomic E-state index is 0.346. The summed E-state index contributed by atoms with van der Waals surface area (Å²) in [5, 5.41) is 2.26. The average molecular weight is 504 g/mol. The van der Waals surface area contributed by atoms with E-state index < -0.39 is 0 Å². The van der Waals surface area contributed by atoms with Crippen LogP contribution in [0, 0.1) is 5.92 Å². The number of para-hydroxylation sites is 1. The zero-order valence-corrected chi connectivity index (χ0v) is 21.9. The molecule has 0 bridgehead atoms. The molecule has 2 unspecified atom stereocenters.